The molecule has 0 aromatic carbocycles. The van der Waals surface area contributed by atoms with Crippen molar-refractivity contribution in [3.63, 3.8) is 0 Å². The van der Waals surface area contributed by atoms with Crippen molar-refractivity contribution in [2.24, 2.45) is 5.92 Å². The van der Waals surface area contributed by atoms with E-state index in [0.717, 1.165) is 6.42 Å². The fourth-order valence-corrected chi connectivity index (χ4v) is 1.47. The summed E-state index contributed by atoms with van der Waals surface area (Å²) >= 11 is 0. The monoisotopic (exact) mass is 176 g/mol. The van der Waals surface area contributed by atoms with Crippen LogP contribution in [0.3, 0.4) is 0 Å². The predicted molar refractivity (Wildman–Crippen MR) is 55.2 cm³/mol. The first-order chi connectivity index (χ1) is 5.48. The summed E-state index contributed by atoms with van der Waals surface area (Å²) in [5, 5.41) is 0. The van der Waals surface area contributed by atoms with Gasteiger partial charge in [0.15, 0.2) is 0 Å². The van der Waals surface area contributed by atoms with Gasteiger partial charge in [-0.25, -0.2) is 4.39 Å². The highest BCUT2D eigenvalue weighted by Crippen LogP contribution is 2.25. The first-order valence-electron chi connectivity index (χ1n) is 5.17. The summed E-state index contributed by atoms with van der Waals surface area (Å²) in [4.78, 5) is 0. The molecular formula is C11H25F. The average Bonchev–Trinajstić information content (AvgIpc) is 1.88. The highest BCUT2D eigenvalue weighted by Gasteiger charge is 2.22. The normalized spacial score (nSPS) is 15.0. The van der Waals surface area contributed by atoms with Gasteiger partial charge in [-0.2, -0.15) is 0 Å². The molecule has 0 N–H and O–H groups in total. The molecule has 0 heterocycles. The van der Waals surface area contributed by atoms with Gasteiger partial charge in [-0.05, 0) is 25.7 Å². The van der Waals surface area contributed by atoms with Gasteiger partial charge in [-0.1, -0.05) is 41.0 Å². The van der Waals surface area contributed by atoms with Gasteiger partial charge in [0.2, 0.25) is 0 Å². The Kier molecular flexibility index (Phi) is 9.12. The van der Waals surface area contributed by atoms with E-state index in [1.54, 1.807) is 6.92 Å². The van der Waals surface area contributed by atoms with Crippen LogP contribution < -0.4 is 0 Å². The van der Waals surface area contributed by atoms with Gasteiger partial charge < -0.3 is 0 Å². The van der Waals surface area contributed by atoms with E-state index in [2.05, 4.69) is 13.8 Å². The molecule has 0 nitrogen and oxygen atoms in total. The summed E-state index contributed by atoms with van der Waals surface area (Å²) in [5.74, 6) is 0.474. The Labute approximate surface area is 77.6 Å². The van der Waals surface area contributed by atoms with Crippen LogP contribution in [0.4, 0.5) is 4.39 Å². The molecular weight excluding hydrogens is 151 g/mol. The molecule has 0 bridgehead atoms. The van der Waals surface area contributed by atoms with Crippen molar-refractivity contribution in [2.45, 2.75) is 66.5 Å². The van der Waals surface area contributed by atoms with Gasteiger partial charge in [-0.15, -0.1) is 0 Å². The molecule has 0 aliphatic rings. The molecule has 0 spiro atoms. The van der Waals surface area contributed by atoms with E-state index in [9.17, 15) is 4.39 Å². The van der Waals surface area contributed by atoms with E-state index >= 15 is 0 Å². The number of halogens is 1. The van der Waals surface area contributed by atoms with Crippen molar-refractivity contribution >= 4 is 0 Å². The minimum atomic E-state index is -0.928. The Balaban J connectivity index is 0. The van der Waals surface area contributed by atoms with E-state index in [4.69, 9.17) is 0 Å². The lowest BCUT2D eigenvalue weighted by molar-refractivity contribution is 0.140. The van der Waals surface area contributed by atoms with Crippen molar-refractivity contribution in [3.8, 4) is 0 Å². The molecule has 12 heavy (non-hydrogen) atoms. The molecule has 1 unspecified atom stereocenters. The molecule has 0 aliphatic heterocycles. The zero-order valence-corrected chi connectivity index (χ0v) is 9.58. The molecule has 0 saturated heterocycles. The van der Waals surface area contributed by atoms with Crippen LogP contribution in [0.5, 0.6) is 0 Å². The van der Waals surface area contributed by atoms with Gasteiger partial charge in [-0.3, -0.25) is 0 Å². The van der Waals surface area contributed by atoms with Gasteiger partial charge in [0.25, 0.3) is 0 Å². The number of hydrogen-bond donors (Lipinski definition) is 0. The zero-order valence-electron chi connectivity index (χ0n) is 9.58. The molecule has 1 heteroatoms. The smallest absolute Gasteiger partial charge is 0.108 e. The van der Waals surface area contributed by atoms with Crippen molar-refractivity contribution in [3.05, 3.63) is 0 Å². The molecule has 0 aliphatic carbocycles. The Morgan fingerprint density at radius 3 is 1.92 bits per heavy atom. The second-order valence-electron chi connectivity index (χ2n) is 3.76. The first-order valence-corrected chi connectivity index (χ1v) is 5.17. The third-order valence-corrected chi connectivity index (χ3v) is 1.61. The van der Waals surface area contributed by atoms with Crippen molar-refractivity contribution in [1.29, 1.82) is 0 Å². The van der Waals surface area contributed by atoms with Crippen LogP contribution in [-0.4, -0.2) is 5.67 Å². The SMILES string of the molecule is CC.CCCC(C)(F)CC(C)C. The second-order valence-corrected chi connectivity index (χ2v) is 3.76. The fraction of sp³-hybridized carbons (Fsp3) is 1.00. The Morgan fingerprint density at radius 1 is 1.25 bits per heavy atom. The maximum absolute atomic E-state index is 13.3. The molecule has 0 fully saturated rings. The summed E-state index contributed by atoms with van der Waals surface area (Å²) in [6.07, 6.45) is 2.34. The fourth-order valence-electron chi connectivity index (χ4n) is 1.47. The Bertz CT molecular complexity index is 85.0. The molecule has 0 radical (unpaired) electrons. The third kappa shape index (κ3) is 9.93. The van der Waals surface area contributed by atoms with Crippen LogP contribution in [0.25, 0.3) is 0 Å². The van der Waals surface area contributed by atoms with Gasteiger partial charge in [0, 0.05) is 0 Å². The van der Waals surface area contributed by atoms with Crippen LogP contribution in [-0.2, 0) is 0 Å². The van der Waals surface area contributed by atoms with Crippen LogP contribution in [0.15, 0.2) is 0 Å². The van der Waals surface area contributed by atoms with E-state index in [-0.39, 0.29) is 0 Å². The largest absolute Gasteiger partial charge is 0.244 e. The topological polar surface area (TPSA) is 0 Å². The molecule has 76 valence electrons. The summed E-state index contributed by atoms with van der Waals surface area (Å²) < 4.78 is 13.3. The maximum atomic E-state index is 13.3. The number of hydrogen-bond acceptors (Lipinski definition) is 0. The van der Waals surface area contributed by atoms with Gasteiger partial charge >= 0.3 is 0 Å². The molecule has 0 aromatic heterocycles. The molecule has 0 rings (SSSR count). The van der Waals surface area contributed by atoms with E-state index in [0.29, 0.717) is 18.8 Å². The standard InChI is InChI=1S/C9H19F.C2H6/c1-5-6-9(4,10)7-8(2)3;1-2/h8H,5-7H2,1-4H3;1-2H3. The lowest BCUT2D eigenvalue weighted by Crippen LogP contribution is -2.19. The summed E-state index contributed by atoms with van der Waals surface area (Å²) in [6.45, 7) is 11.9. The van der Waals surface area contributed by atoms with Crippen molar-refractivity contribution < 1.29 is 4.39 Å². The first kappa shape index (κ1) is 14.5. The lowest BCUT2D eigenvalue weighted by Gasteiger charge is -2.21. The van der Waals surface area contributed by atoms with E-state index in [1.807, 2.05) is 20.8 Å². The predicted octanol–water partition coefficient (Wildman–Crippen LogP) is 4.59. The number of rotatable bonds is 4. The zero-order chi connectivity index (χ0) is 10.2. The van der Waals surface area contributed by atoms with Crippen LogP contribution in [0.2, 0.25) is 0 Å². The molecule has 1 atom stereocenters. The maximum Gasteiger partial charge on any atom is 0.108 e. The van der Waals surface area contributed by atoms with Crippen molar-refractivity contribution in [1.82, 2.24) is 0 Å². The van der Waals surface area contributed by atoms with Crippen LogP contribution in [0.1, 0.15) is 60.8 Å². The van der Waals surface area contributed by atoms with E-state index < -0.39 is 5.67 Å². The van der Waals surface area contributed by atoms with Crippen LogP contribution >= 0.6 is 0 Å². The average molecular weight is 176 g/mol. The molecule has 0 amide bonds. The van der Waals surface area contributed by atoms with Crippen molar-refractivity contribution in [2.75, 3.05) is 0 Å². The van der Waals surface area contributed by atoms with Crippen LogP contribution in [0, 0.1) is 5.92 Å². The highest BCUT2D eigenvalue weighted by atomic mass is 19.1. The number of alkyl halides is 1. The second kappa shape index (κ2) is 7.57. The summed E-state index contributed by atoms with van der Waals surface area (Å²) in [5.41, 5.74) is -0.928. The van der Waals surface area contributed by atoms with E-state index in [1.165, 1.54) is 0 Å². The summed E-state index contributed by atoms with van der Waals surface area (Å²) in [6, 6.07) is 0. The molecule has 0 saturated carbocycles. The summed E-state index contributed by atoms with van der Waals surface area (Å²) in [7, 11) is 0. The minimum Gasteiger partial charge on any atom is -0.244 e. The van der Waals surface area contributed by atoms with Gasteiger partial charge in [0.05, 0.1) is 0 Å². The lowest BCUT2D eigenvalue weighted by atomic mass is 9.92. The highest BCUT2D eigenvalue weighted by molar-refractivity contribution is 4.73. The van der Waals surface area contributed by atoms with Gasteiger partial charge in [0.1, 0.15) is 5.67 Å². The quantitative estimate of drug-likeness (QED) is 0.588. The Hall–Kier alpha value is -0.0700. The molecule has 0 aromatic rings. The Morgan fingerprint density at radius 2 is 1.67 bits per heavy atom. The minimum absolute atomic E-state index is 0.474. The third-order valence-electron chi connectivity index (χ3n) is 1.61.